The van der Waals surface area contributed by atoms with Crippen molar-refractivity contribution in [2.45, 2.75) is 46.1 Å². The smallest absolute Gasteiger partial charge is 0.0105 e. The summed E-state index contributed by atoms with van der Waals surface area (Å²) in [4.78, 5) is 0. The SMILES string of the molecule is C=C(/C=C\CC)C(CC)C(N)CC. The monoisotopic (exact) mass is 181 g/mol. The highest BCUT2D eigenvalue weighted by atomic mass is 14.6. The quantitative estimate of drug-likeness (QED) is 0.625. The summed E-state index contributed by atoms with van der Waals surface area (Å²) in [6, 6.07) is 0.263. The molecule has 0 saturated heterocycles. The Balaban J connectivity index is 4.22. The van der Waals surface area contributed by atoms with Crippen LogP contribution < -0.4 is 5.73 Å². The lowest BCUT2D eigenvalue weighted by molar-refractivity contribution is 0.462. The molecule has 0 aromatic rings. The summed E-state index contributed by atoms with van der Waals surface area (Å²) in [5.41, 5.74) is 7.19. The molecular formula is C12H23N. The summed E-state index contributed by atoms with van der Waals surface area (Å²) in [5, 5.41) is 0. The topological polar surface area (TPSA) is 26.0 Å². The minimum absolute atomic E-state index is 0.263. The zero-order valence-electron chi connectivity index (χ0n) is 9.22. The molecule has 0 aromatic heterocycles. The second-order valence-electron chi connectivity index (χ2n) is 3.47. The Labute approximate surface area is 82.7 Å². The van der Waals surface area contributed by atoms with E-state index < -0.39 is 0 Å². The van der Waals surface area contributed by atoms with E-state index in [1.165, 1.54) is 5.57 Å². The molecule has 0 spiro atoms. The van der Waals surface area contributed by atoms with Gasteiger partial charge in [0, 0.05) is 6.04 Å². The van der Waals surface area contributed by atoms with Crippen LogP contribution in [0.1, 0.15) is 40.0 Å². The van der Waals surface area contributed by atoms with E-state index in [1.807, 2.05) is 0 Å². The van der Waals surface area contributed by atoms with Crippen LogP contribution in [-0.4, -0.2) is 6.04 Å². The van der Waals surface area contributed by atoms with Crippen molar-refractivity contribution < 1.29 is 0 Å². The van der Waals surface area contributed by atoms with Gasteiger partial charge in [0.25, 0.3) is 0 Å². The summed E-state index contributed by atoms with van der Waals surface area (Å²) in [5.74, 6) is 0.452. The molecule has 0 fully saturated rings. The van der Waals surface area contributed by atoms with Crippen LogP contribution in [0.5, 0.6) is 0 Å². The van der Waals surface area contributed by atoms with Gasteiger partial charge in [0.2, 0.25) is 0 Å². The van der Waals surface area contributed by atoms with Crippen molar-refractivity contribution in [3.8, 4) is 0 Å². The van der Waals surface area contributed by atoms with Crippen LogP contribution in [0.15, 0.2) is 24.3 Å². The van der Waals surface area contributed by atoms with Crippen LogP contribution >= 0.6 is 0 Å². The van der Waals surface area contributed by atoms with E-state index in [0.29, 0.717) is 5.92 Å². The average molecular weight is 181 g/mol. The Morgan fingerprint density at radius 1 is 1.31 bits per heavy atom. The molecular weight excluding hydrogens is 158 g/mol. The van der Waals surface area contributed by atoms with Crippen LogP contribution in [-0.2, 0) is 0 Å². The number of hydrogen-bond acceptors (Lipinski definition) is 1. The maximum absolute atomic E-state index is 6.01. The van der Waals surface area contributed by atoms with Gasteiger partial charge >= 0.3 is 0 Å². The highest BCUT2D eigenvalue weighted by molar-refractivity contribution is 5.19. The third-order valence-electron chi connectivity index (χ3n) is 2.47. The average Bonchev–Trinajstić information content (AvgIpc) is 2.15. The van der Waals surface area contributed by atoms with E-state index >= 15 is 0 Å². The number of rotatable bonds is 6. The largest absolute Gasteiger partial charge is 0.327 e. The molecule has 2 N–H and O–H groups in total. The first-order chi connectivity index (χ1) is 6.17. The van der Waals surface area contributed by atoms with E-state index in [-0.39, 0.29) is 6.04 Å². The molecule has 0 rings (SSSR count). The summed E-state index contributed by atoms with van der Waals surface area (Å²) in [7, 11) is 0. The molecule has 0 radical (unpaired) electrons. The van der Waals surface area contributed by atoms with Gasteiger partial charge in [-0.05, 0) is 25.2 Å². The van der Waals surface area contributed by atoms with Gasteiger partial charge in [-0.25, -0.2) is 0 Å². The Morgan fingerprint density at radius 3 is 2.31 bits per heavy atom. The van der Waals surface area contributed by atoms with E-state index in [4.69, 9.17) is 5.73 Å². The summed E-state index contributed by atoms with van der Waals surface area (Å²) in [6.07, 6.45) is 7.44. The summed E-state index contributed by atoms with van der Waals surface area (Å²) < 4.78 is 0. The lowest BCUT2D eigenvalue weighted by Crippen LogP contribution is -2.29. The molecule has 0 heterocycles. The van der Waals surface area contributed by atoms with Crippen molar-refractivity contribution in [2.24, 2.45) is 11.7 Å². The first kappa shape index (κ1) is 12.4. The number of hydrogen-bond donors (Lipinski definition) is 1. The first-order valence-corrected chi connectivity index (χ1v) is 5.28. The van der Waals surface area contributed by atoms with Gasteiger partial charge in [0.05, 0.1) is 0 Å². The molecule has 0 aliphatic carbocycles. The summed E-state index contributed by atoms with van der Waals surface area (Å²) in [6.45, 7) is 10.5. The van der Waals surface area contributed by atoms with Crippen LogP contribution in [0.25, 0.3) is 0 Å². The van der Waals surface area contributed by atoms with Crippen molar-refractivity contribution in [1.82, 2.24) is 0 Å². The van der Waals surface area contributed by atoms with Gasteiger partial charge in [-0.3, -0.25) is 0 Å². The molecule has 13 heavy (non-hydrogen) atoms. The molecule has 0 aliphatic heterocycles. The molecule has 1 nitrogen and oxygen atoms in total. The Morgan fingerprint density at radius 2 is 1.92 bits per heavy atom. The zero-order valence-corrected chi connectivity index (χ0v) is 9.22. The van der Waals surface area contributed by atoms with E-state index in [1.54, 1.807) is 0 Å². The van der Waals surface area contributed by atoms with Gasteiger partial charge in [-0.1, -0.05) is 45.1 Å². The molecule has 76 valence electrons. The fourth-order valence-corrected chi connectivity index (χ4v) is 1.52. The van der Waals surface area contributed by atoms with E-state index in [9.17, 15) is 0 Å². The van der Waals surface area contributed by atoms with Gasteiger partial charge < -0.3 is 5.73 Å². The molecule has 0 aromatic carbocycles. The predicted octanol–water partition coefficient (Wildman–Crippen LogP) is 3.27. The first-order valence-electron chi connectivity index (χ1n) is 5.28. The molecule has 2 unspecified atom stereocenters. The normalized spacial score (nSPS) is 16.0. The number of nitrogens with two attached hydrogens (primary N) is 1. The van der Waals surface area contributed by atoms with Crippen LogP contribution in [0.3, 0.4) is 0 Å². The maximum atomic E-state index is 6.01. The molecule has 0 bridgehead atoms. The van der Waals surface area contributed by atoms with Crippen molar-refractivity contribution in [2.75, 3.05) is 0 Å². The molecule has 0 aliphatic rings. The van der Waals surface area contributed by atoms with Crippen LogP contribution in [0, 0.1) is 5.92 Å². The standard InChI is InChI=1S/C12H23N/c1-5-8-9-10(4)11(6-2)12(13)7-3/h8-9,11-12H,4-7,13H2,1-3H3/b9-8-. The molecule has 1 heteroatoms. The fourth-order valence-electron chi connectivity index (χ4n) is 1.52. The molecule has 0 saturated carbocycles. The molecule has 0 amide bonds. The predicted molar refractivity (Wildman–Crippen MR) is 60.6 cm³/mol. The third kappa shape index (κ3) is 4.28. The van der Waals surface area contributed by atoms with Gasteiger partial charge in [-0.2, -0.15) is 0 Å². The van der Waals surface area contributed by atoms with E-state index in [2.05, 4.69) is 39.5 Å². The number of allylic oxidation sites excluding steroid dienone is 2. The van der Waals surface area contributed by atoms with Gasteiger partial charge in [0.1, 0.15) is 0 Å². The van der Waals surface area contributed by atoms with Crippen molar-refractivity contribution in [3.05, 3.63) is 24.3 Å². The van der Waals surface area contributed by atoms with Gasteiger partial charge in [-0.15, -0.1) is 0 Å². The second kappa shape index (κ2) is 6.90. The molecule has 2 atom stereocenters. The maximum Gasteiger partial charge on any atom is 0.0105 e. The fraction of sp³-hybridized carbons (Fsp3) is 0.667. The minimum atomic E-state index is 0.263. The Kier molecular flexibility index (Phi) is 6.61. The third-order valence-corrected chi connectivity index (χ3v) is 2.47. The Hall–Kier alpha value is -0.560. The lowest BCUT2D eigenvalue weighted by atomic mass is 9.88. The highest BCUT2D eigenvalue weighted by Crippen LogP contribution is 2.19. The Bertz CT molecular complexity index is 170. The van der Waals surface area contributed by atoms with Crippen LogP contribution in [0.2, 0.25) is 0 Å². The summed E-state index contributed by atoms with van der Waals surface area (Å²) >= 11 is 0. The second-order valence-corrected chi connectivity index (χ2v) is 3.47. The lowest BCUT2D eigenvalue weighted by Gasteiger charge is -2.21. The van der Waals surface area contributed by atoms with Crippen LogP contribution in [0.4, 0.5) is 0 Å². The zero-order chi connectivity index (χ0) is 10.3. The van der Waals surface area contributed by atoms with Crippen molar-refractivity contribution in [3.63, 3.8) is 0 Å². The highest BCUT2D eigenvalue weighted by Gasteiger charge is 2.15. The van der Waals surface area contributed by atoms with E-state index in [0.717, 1.165) is 19.3 Å². The van der Waals surface area contributed by atoms with Crippen molar-refractivity contribution in [1.29, 1.82) is 0 Å². The van der Waals surface area contributed by atoms with Crippen molar-refractivity contribution >= 4 is 0 Å². The van der Waals surface area contributed by atoms with Gasteiger partial charge in [0.15, 0.2) is 0 Å². The minimum Gasteiger partial charge on any atom is -0.327 e.